The topological polar surface area (TPSA) is 347 Å². The molecule has 2 aromatic carbocycles. The van der Waals surface area contributed by atoms with Gasteiger partial charge >= 0.3 is 17.9 Å². The van der Waals surface area contributed by atoms with Gasteiger partial charge in [-0.3, -0.25) is 52.9 Å². The summed E-state index contributed by atoms with van der Waals surface area (Å²) < 4.78 is 0. The van der Waals surface area contributed by atoms with Gasteiger partial charge in [-0.1, -0.05) is 30.3 Å². The highest BCUT2D eigenvalue weighted by atomic mass is 16.4. The standard InChI is InChI=1S/C38H44N8O13/c39-38(40)41-15-3-7-24(43-33(55)19-9-10-21-20-5-1-2-6-22(20)31(53)32(54)23(21)17-19)35(57)45-26(12-14-29(49)50)37(59)46-16-4-8-27(46)36(58)44-25(11-13-28(47)48)34(56)42-18-30(51)52/h1-2,5-6,9-10,17,24-27H,3-4,7-8,11-16,18H2,(H,42,56)(H,43,55)(H,44,58)(H,45,57)(H,47,48)(H,49,50)(H,51,52)(H4,39,40,41)/t24-,25-,26-,27-/m0/s1. The Morgan fingerprint density at radius 2 is 1.34 bits per heavy atom. The zero-order valence-corrected chi connectivity index (χ0v) is 31.6. The van der Waals surface area contributed by atoms with Gasteiger partial charge in [0.15, 0.2) is 5.96 Å². The highest BCUT2D eigenvalue weighted by molar-refractivity contribution is 6.53. The highest BCUT2D eigenvalue weighted by Gasteiger charge is 2.40. The van der Waals surface area contributed by atoms with Crippen LogP contribution in [0.5, 0.6) is 0 Å². The van der Waals surface area contributed by atoms with E-state index >= 15 is 0 Å². The van der Waals surface area contributed by atoms with Gasteiger partial charge in [0.05, 0.1) is 0 Å². The van der Waals surface area contributed by atoms with Gasteiger partial charge in [0.1, 0.15) is 30.7 Å². The Morgan fingerprint density at radius 3 is 1.98 bits per heavy atom. The van der Waals surface area contributed by atoms with Crippen molar-refractivity contribution in [3.63, 3.8) is 0 Å². The molecule has 1 aliphatic heterocycles. The van der Waals surface area contributed by atoms with Gasteiger partial charge in [0.25, 0.3) is 5.91 Å². The van der Waals surface area contributed by atoms with Crippen LogP contribution in [0.4, 0.5) is 0 Å². The van der Waals surface area contributed by atoms with E-state index in [0.29, 0.717) is 11.1 Å². The number of fused-ring (bicyclic) bond motifs is 3. The quantitative estimate of drug-likeness (QED) is 0.0327. The maximum atomic E-state index is 14.0. The van der Waals surface area contributed by atoms with Gasteiger partial charge in [0.2, 0.25) is 35.2 Å². The number of carboxylic acids is 3. The molecule has 0 bridgehead atoms. The van der Waals surface area contributed by atoms with Crippen molar-refractivity contribution in [2.75, 3.05) is 19.6 Å². The number of carboxylic acid groups (broad SMARTS) is 3. The van der Waals surface area contributed by atoms with E-state index in [0.717, 1.165) is 4.90 Å². The second-order valence-electron chi connectivity index (χ2n) is 13.7. The average Bonchev–Trinajstić information content (AvgIpc) is 3.70. The van der Waals surface area contributed by atoms with Crippen molar-refractivity contribution in [1.82, 2.24) is 26.2 Å². The first-order chi connectivity index (χ1) is 28.0. The molecule has 1 fully saturated rings. The second-order valence-corrected chi connectivity index (χ2v) is 13.7. The number of hydrogen-bond donors (Lipinski definition) is 9. The van der Waals surface area contributed by atoms with E-state index in [1.54, 1.807) is 18.2 Å². The molecule has 4 atom stereocenters. The lowest BCUT2D eigenvalue weighted by Gasteiger charge is -2.30. The molecule has 2 aromatic rings. The second kappa shape index (κ2) is 20.3. The molecule has 0 unspecified atom stereocenters. The zero-order chi connectivity index (χ0) is 43.4. The van der Waals surface area contributed by atoms with Crippen LogP contribution in [0.1, 0.15) is 82.4 Å². The lowest BCUT2D eigenvalue weighted by molar-refractivity contribution is -0.143. The fraction of sp³-hybridized carbons (Fsp3) is 0.395. The number of aliphatic imine (C=N–C) groups is 1. The summed E-state index contributed by atoms with van der Waals surface area (Å²) in [6.07, 6.45) is -1.63. The number of likely N-dealkylation sites (tertiary alicyclic amines) is 1. The molecule has 5 amide bonds. The number of nitrogens with zero attached hydrogens (tertiary/aromatic N) is 2. The molecule has 21 heteroatoms. The summed E-state index contributed by atoms with van der Waals surface area (Å²) in [6.45, 7) is -0.801. The maximum absolute atomic E-state index is 14.0. The number of nitrogens with one attached hydrogen (secondary N) is 4. The number of ketones is 2. The van der Waals surface area contributed by atoms with E-state index in [4.69, 9.17) is 21.7 Å². The van der Waals surface area contributed by atoms with E-state index < -0.39 is 115 Å². The molecule has 2 aliphatic rings. The maximum Gasteiger partial charge on any atom is 0.322 e. The van der Waals surface area contributed by atoms with Gasteiger partial charge in [0, 0.05) is 42.6 Å². The van der Waals surface area contributed by atoms with Gasteiger partial charge < -0.3 is 53.0 Å². The number of carbonyl (C=O) groups is 10. The fourth-order valence-corrected chi connectivity index (χ4v) is 6.67. The van der Waals surface area contributed by atoms with Gasteiger partial charge in [-0.25, -0.2) is 0 Å². The van der Waals surface area contributed by atoms with Crippen LogP contribution in [-0.2, 0) is 33.6 Å². The number of rotatable bonds is 20. The van der Waals surface area contributed by atoms with Crippen LogP contribution in [0, 0.1) is 0 Å². The number of aliphatic carboxylic acids is 3. The fourth-order valence-electron chi connectivity index (χ4n) is 6.67. The van der Waals surface area contributed by atoms with Crippen LogP contribution in [0.15, 0.2) is 47.5 Å². The third-order valence-electron chi connectivity index (χ3n) is 9.56. The summed E-state index contributed by atoms with van der Waals surface area (Å²) in [6, 6.07) is 4.98. The minimum Gasteiger partial charge on any atom is -0.481 e. The van der Waals surface area contributed by atoms with Crippen LogP contribution < -0.4 is 32.7 Å². The summed E-state index contributed by atoms with van der Waals surface area (Å²) in [5.41, 5.74) is 11.9. The number of carbonyl (C=O) groups excluding carboxylic acids is 7. The summed E-state index contributed by atoms with van der Waals surface area (Å²) in [5.74, 6) is -10.3. The Hall–Kier alpha value is -7.19. The Bertz CT molecular complexity index is 2070. The van der Waals surface area contributed by atoms with Gasteiger partial charge in [-0.05, 0) is 61.8 Å². The number of Topliss-reactive ketones (excluding diaryl/α,β-unsaturated/α-hetero) is 2. The monoisotopic (exact) mass is 820 g/mol. The normalized spacial score (nSPS) is 15.7. The lowest BCUT2D eigenvalue weighted by Crippen LogP contribution is -2.58. The van der Waals surface area contributed by atoms with E-state index in [1.807, 2.05) is 0 Å². The Kier molecular flexibility index (Phi) is 15.3. The lowest BCUT2D eigenvalue weighted by atomic mass is 9.83. The van der Waals surface area contributed by atoms with Gasteiger partial charge in [-0.2, -0.15) is 0 Å². The van der Waals surface area contributed by atoms with Gasteiger partial charge in [-0.15, -0.1) is 0 Å². The smallest absolute Gasteiger partial charge is 0.322 e. The number of benzene rings is 2. The van der Waals surface area contributed by atoms with Crippen LogP contribution in [-0.4, -0.2) is 129 Å². The molecule has 314 valence electrons. The summed E-state index contributed by atoms with van der Waals surface area (Å²) in [4.78, 5) is 132. The van der Waals surface area contributed by atoms with Crippen molar-refractivity contribution in [2.45, 2.75) is 75.5 Å². The zero-order valence-electron chi connectivity index (χ0n) is 31.6. The third-order valence-corrected chi connectivity index (χ3v) is 9.56. The average molecular weight is 821 g/mol. The molecule has 0 saturated carbocycles. The first-order valence-corrected chi connectivity index (χ1v) is 18.5. The Balaban J connectivity index is 1.55. The van der Waals surface area contributed by atoms with E-state index in [-0.39, 0.29) is 61.4 Å². The van der Waals surface area contributed by atoms with Crippen molar-refractivity contribution < 1.29 is 63.3 Å². The first kappa shape index (κ1) is 44.5. The first-order valence-electron chi connectivity index (χ1n) is 18.5. The molecule has 4 rings (SSSR count). The van der Waals surface area contributed by atoms with Crippen molar-refractivity contribution >= 4 is 65.0 Å². The van der Waals surface area contributed by atoms with Crippen molar-refractivity contribution in [1.29, 1.82) is 0 Å². The van der Waals surface area contributed by atoms with Crippen molar-refractivity contribution in [3.8, 4) is 11.1 Å². The van der Waals surface area contributed by atoms with Crippen LogP contribution in [0.25, 0.3) is 11.1 Å². The number of hydrogen-bond acceptors (Lipinski definition) is 11. The molecule has 0 spiro atoms. The molecule has 1 aliphatic carbocycles. The SMILES string of the molecule is NC(N)=NCCC[C@H](NC(=O)c1ccc2c(c1)C(=O)C(=O)c1ccccc1-2)C(=O)N[C@@H](CCC(=O)O)C(=O)N1CCC[C@H]1C(=O)N[C@@H](CCC(=O)O)C(=O)NCC(=O)O. The van der Waals surface area contributed by atoms with E-state index in [2.05, 4.69) is 26.3 Å². The van der Waals surface area contributed by atoms with E-state index in [9.17, 15) is 53.1 Å². The number of amides is 5. The number of nitrogens with two attached hydrogens (primary N) is 2. The molecule has 0 radical (unpaired) electrons. The van der Waals surface area contributed by atoms with Crippen molar-refractivity contribution in [2.24, 2.45) is 16.5 Å². The molecule has 1 saturated heterocycles. The highest BCUT2D eigenvalue weighted by Crippen LogP contribution is 2.34. The summed E-state index contributed by atoms with van der Waals surface area (Å²) in [5, 5.41) is 37.0. The summed E-state index contributed by atoms with van der Waals surface area (Å²) >= 11 is 0. The minimum atomic E-state index is -1.54. The number of guanidine groups is 1. The molecular formula is C38H44N8O13. The Labute approximate surface area is 335 Å². The van der Waals surface area contributed by atoms with E-state index in [1.165, 1.54) is 24.3 Å². The molecule has 11 N–H and O–H groups in total. The molecule has 1 heterocycles. The molecule has 21 nitrogen and oxygen atoms in total. The van der Waals surface area contributed by atoms with Crippen molar-refractivity contribution in [3.05, 3.63) is 59.2 Å². The van der Waals surface area contributed by atoms with Crippen LogP contribution in [0.2, 0.25) is 0 Å². The predicted molar refractivity (Wildman–Crippen MR) is 205 cm³/mol. The third kappa shape index (κ3) is 11.9. The molecule has 0 aromatic heterocycles. The van der Waals surface area contributed by atoms with Crippen LogP contribution in [0.3, 0.4) is 0 Å². The molecule has 59 heavy (non-hydrogen) atoms. The minimum absolute atomic E-state index is 0.0206. The summed E-state index contributed by atoms with van der Waals surface area (Å²) in [7, 11) is 0. The van der Waals surface area contributed by atoms with Crippen LogP contribution >= 0.6 is 0 Å². The Morgan fingerprint density at radius 1 is 0.729 bits per heavy atom. The largest absolute Gasteiger partial charge is 0.481 e. The predicted octanol–water partition coefficient (Wildman–Crippen LogP) is -1.22. The molecular weight excluding hydrogens is 776 g/mol.